The molecule has 1 aromatic carbocycles. The largest absolute Gasteiger partial charge is 1.00 e. The van der Waals surface area contributed by atoms with Crippen LogP contribution in [-0.4, -0.2) is 11.8 Å². The SMILES string of the molecule is [NH-]c1ccc2c(c1)CC1(CC(=O)NC1=O)C2.[Rb+]. The Morgan fingerprint density at radius 1 is 1.12 bits per heavy atom. The Labute approximate surface area is 148 Å². The fourth-order valence-corrected chi connectivity index (χ4v) is 2.73. The number of carbonyl (C=O) groups excluding carboxylic acids is 2. The second-order valence-corrected chi connectivity index (χ2v) is 4.67. The first-order valence-electron chi connectivity index (χ1n) is 5.27. The molecule has 3 rings (SSSR count). The van der Waals surface area contributed by atoms with E-state index >= 15 is 0 Å². The maximum absolute atomic E-state index is 11.8. The third-order valence-corrected chi connectivity index (χ3v) is 3.50. The molecule has 1 aromatic rings. The number of nitrogens with one attached hydrogen (secondary N) is 2. The number of amides is 2. The number of hydrogen-bond acceptors (Lipinski definition) is 2. The summed E-state index contributed by atoms with van der Waals surface area (Å²) in [5.74, 6) is -0.330. The predicted molar refractivity (Wildman–Crippen MR) is 58.0 cm³/mol. The van der Waals surface area contributed by atoms with E-state index in [1.165, 1.54) is 0 Å². The normalized spacial score (nSPS) is 25.6. The van der Waals surface area contributed by atoms with Gasteiger partial charge in [0, 0.05) is 6.42 Å². The van der Waals surface area contributed by atoms with Gasteiger partial charge >= 0.3 is 58.2 Å². The van der Waals surface area contributed by atoms with Crippen molar-refractivity contribution in [3.63, 3.8) is 0 Å². The molecule has 1 fully saturated rings. The standard InChI is InChI=1S/C12H11N2O2.Rb/c13-9-2-1-7-4-12(5-8(7)3-9)6-10(15)14-11(12)16;/h1-3,13H,4-6H2,(H,14,15,16);/q-1;+1. The molecule has 1 heterocycles. The minimum absolute atomic E-state index is 0. The molecular weight excluding hydrogens is 290 g/mol. The van der Waals surface area contributed by atoms with Gasteiger partial charge in [0.15, 0.2) is 0 Å². The van der Waals surface area contributed by atoms with Crippen molar-refractivity contribution in [2.75, 3.05) is 0 Å². The van der Waals surface area contributed by atoms with Gasteiger partial charge in [0.2, 0.25) is 11.8 Å². The zero-order valence-corrected chi connectivity index (χ0v) is 14.6. The van der Waals surface area contributed by atoms with Gasteiger partial charge in [-0.25, -0.2) is 0 Å². The maximum atomic E-state index is 11.8. The first kappa shape index (κ1) is 13.4. The molecule has 0 saturated carbocycles. The van der Waals surface area contributed by atoms with Crippen LogP contribution in [0.3, 0.4) is 0 Å². The van der Waals surface area contributed by atoms with Gasteiger partial charge in [0.1, 0.15) is 0 Å². The van der Waals surface area contributed by atoms with Crippen molar-refractivity contribution < 1.29 is 67.8 Å². The van der Waals surface area contributed by atoms with E-state index in [2.05, 4.69) is 5.32 Å². The van der Waals surface area contributed by atoms with Crippen molar-refractivity contribution in [2.24, 2.45) is 5.41 Å². The molecule has 0 bridgehead atoms. The van der Waals surface area contributed by atoms with E-state index in [9.17, 15) is 9.59 Å². The molecule has 17 heavy (non-hydrogen) atoms. The summed E-state index contributed by atoms with van der Waals surface area (Å²) in [6.07, 6.45) is 1.50. The van der Waals surface area contributed by atoms with E-state index < -0.39 is 5.41 Å². The number of hydrogen-bond donors (Lipinski definition) is 1. The van der Waals surface area contributed by atoms with E-state index in [0.717, 1.165) is 11.1 Å². The smallest absolute Gasteiger partial charge is 0.699 e. The molecule has 1 aliphatic heterocycles. The summed E-state index contributed by atoms with van der Waals surface area (Å²) in [7, 11) is 0. The maximum Gasteiger partial charge on any atom is 1.00 e. The van der Waals surface area contributed by atoms with Crippen LogP contribution in [0.15, 0.2) is 18.2 Å². The van der Waals surface area contributed by atoms with Crippen LogP contribution in [0, 0.1) is 5.41 Å². The number of fused-ring (bicyclic) bond motifs is 1. The van der Waals surface area contributed by atoms with Crippen molar-refractivity contribution >= 4 is 17.5 Å². The van der Waals surface area contributed by atoms with Crippen molar-refractivity contribution in [1.82, 2.24) is 5.32 Å². The minimum atomic E-state index is -0.562. The third kappa shape index (κ3) is 2.16. The number of imide groups is 1. The number of carbonyl (C=O) groups is 2. The summed E-state index contributed by atoms with van der Waals surface area (Å²) in [6.45, 7) is 0. The molecule has 1 aliphatic carbocycles. The zero-order valence-electron chi connectivity index (χ0n) is 9.67. The minimum Gasteiger partial charge on any atom is -0.699 e. The van der Waals surface area contributed by atoms with Gasteiger partial charge < -0.3 is 5.73 Å². The van der Waals surface area contributed by atoms with Crippen LogP contribution < -0.4 is 63.5 Å². The van der Waals surface area contributed by atoms with Crippen LogP contribution in [0.1, 0.15) is 17.5 Å². The van der Waals surface area contributed by atoms with E-state index in [1.54, 1.807) is 12.1 Å². The fraction of sp³-hybridized carbons (Fsp3) is 0.333. The second kappa shape index (κ2) is 4.57. The molecule has 0 radical (unpaired) electrons. The Hall–Kier alpha value is -0.0348. The monoisotopic (exact) mass is 300 g/mol. The van der Waals surface area contributed by atoms with Crippen LogP contribution in [-0.2, 0) is 22.4 Å². The van der Waals surface area contributed by atoms with Gasteiger partial charge in [-0.15, -0.1) is 5.69 Å². The van der Waals surface area contributed by atoms with Crippen LogP contribution in [0.2, 0.25) is 0 Å². The molecule has 5 heteroatoms. The molecule has 0 aromatic heterocycles. The van der Waals surface area contributed by atoms with Gasteiger partial charge in [-0.1, -0.05) is 18.2 Å². The molecular formula is C12H11N2O2Rb. The Bertz CT molecular complexity index is 515. The topological polar surface area (TPSA) is 70.0 Å². The van der Waals surface area contributed by atoms with Gasteiger partial charge in [-0.05, 0) is 24.0 Å². The summed E-state index contributed by atoms with van der Waals surface area (Å²) in [5, 5.41) is 2.37. The zero-order chi connectivity index (χ0) is 11.3. The first-order valence-corrected chi connectivity index (χ1v) is 5.27. The Morgan fingerprint density at radius 2 is 1.82 bits per heavy atom. The van der Waals surface area contributed by atoms with E-state index in [-0.39, 0.29) is 76.4 Å². The molecule has 82 valence electrons. The van der Waals surface area contributed by atoms with Gasteiger partial charge in [-0.2, -0.15) is 0 Å². The molecule has 1 unspecified atom stereocenters. The molecule has 2 aliphatic rings. The fourth-order valence-electron chi connectivity index (χ4n) is 2.73. The summed E-state index contributed by atoms with van der Waals surface area (Å²) >= 11 is 0. The van der Waals surface area contributed by atoms with Crippen LogP contribution in [0.5, 0.6) is 0 Å². The number of benzene rings is 1. The molecule has 2 N–H and O–H groups in total. The van der Waals surface area contributed by atoms with Crippen molar-refractivity contribution in [3.05, 3.63) is 35.1 Å². The van der Waals surface area contributed by atoms with Gasteiger partial charge in [0.25, 0.3) is 0 Å². The van der Waals surface area contributed by atoms with Crippen molar-refractivity contribution in [2.45, 2.75) is 19.3 Å². The van der Waals surface area contributed by atoms with Crippen LogP contribution >= 0.6 is 0 Å². The summed E-state index contributed by atoms with van der Waals surface area (Å²) in [6, 6.07) is 5.41. The van der Waals surface area contributed by atoms with Gasteiger partial charge in [0.05, 0.1) is 5.41 Å². The first-order chi connectivity index (χ1) is 7.59. The van der Waals surface area contributed by atoms with E-state index in [1.807, 2.05) is 6.07 Å². The molecule has 1 spiro atoms. The molecule has 1 saturated heterocycles. The van der Waals surface area contributed by atoms with E-state index in [0.29, 0.717) is 18.5 Å². The molecule has 2 amide bonds. The third-order valence-electron chi connectivity index (χ3n) is 3.50. The summed E-state index contributed by atoms with van der Waals surface area (Å²) < 4.78 is 0. The predicted octanol–water partition coefficient (Wildman–Crippen LogP) is -1.49. The average molecular weight is 301 g/mol. The summed E-state index contributed by atoms with van der Waals surface area (Å²) in [4.78, 5) is 23.0. The van der Waals surface area contributed by atoms with Crippen LogP contribution in [0.25, 0.3) is 5.73 Å². The quantitative estimate of drug-likeness (QED) is 0.593. The van der Waals surface area contributed by atoms with E-state index in [4.69, 9.17) is 5.73 Å². The second-order valence-electron chi connectivity index (χ2n) is 4.67. The number of rotatable bonds is 0. The molecule has 4 nitrogen and oxygen atoms in total. The average Bonchev–Trinajstić information content (AvgIpc) is 2.67. The Morgan fingerprint density at radius 3 is 2.47 bits per heavy atom. The Balaban J connectivity index is 0.00000108. The Kier molecular flexibility index (Phi) is 3.60. The molecule has 1 atom stereocenters. The van der Waals surface area contributed by atoms with Gasteiger partial charge in [-0.3, -0.25) is 14.9 Å². The van der Waals surface area contributed by atoms with Crippen molar-refractivity contribution in [1.29, 1.82) is 0 Å². The van der Waals surface area contributed by atoms with Crippen LogP contribution in [0.4, 0.5) is 5.69 Å². The summed E-state index contributed by atoms with van der Waals surface area (Å²) in [5.41, 5.74) is 9.58. The van der Waals surface area contributed by atoms with Crippen molar-refractivity contribution in [3.8, 4) is 0 Å².